The van der Waals surface area contributed by atoms with Crippen LogP contribution in [-0.2, 0) is 6.54 Å². The average molecular weight is 481 g/mol. The number of hydrogen-bond acceptors (Lipinski definition) is 4. The molecule has 1 saturated heterocycles. The molecular formula is C24H18Cl2N4OS. The van der Waals surface area contributed by atoms with Gasteiger partial charge in [0.05, 0.1) is 34.0 Å². The third kappa shape index (κ3) is 3.97. The molecule has 0 amide bonds. The van der Waals surface area contributed by atoms with Gasteiger partial charge in [-0.15, -0.1) is 0 Å². The van der Waals surface area contributed by atoms with Crippen LogP contribution in [0.3, 0.4) is 0 Å². The van der Waals surface area contributed by atoms with Gasteiger partial charge in [-0.2, -0.15) is 0 Å². The molecule has 3 aromatic heterocycles. The summed E-state index contributed by atoms with van der Waals surface area (Å²) in [4.78, 5) is 11.1. The van der Waals surface area contributed by atoms with Gasteiger partial charge in [0.25, 0.3) is 0 Å². The second-order valence-electron chi connectivity index (χ2n) is 7.38. The number of nitrogens with one attached hydrogen (secondary N) is 1. The molecule has 1 aliphatic rings. The predicted molar refractivity (Wildman–Crippen MR) is 129 cm³/mol. The summed E-state index contributed by atoms with van der Waals surface area (Å²) in [5.41, 5.74) is 2.53. The summed E-state index contributed by atoms with van der Waals surface area (Å²) in [6.45, 7) is 0.536. The molecule has 5 nitrogen and oxygen atoms in total. The smallest absolute Gasteiger partial charge is 0.170 e. The summed E-state index contributed by atoms with van der Waals surface area (Å²) in [6.07, 6.45) is 3.55. The lowest BCUT2D eigenvalue weighted by Gasteiger charge is -2.25. The van der Waals surface area contributed by atoms with Gasteiger partial charge in [-0.1, -0.05) is 41.4 Å². The highest BCUT2D eigenvalue weighted by Crippen LogP contribution is 2.42. The summed E-state index contributed by atoms with van der Waals surface area (Å²) < 4.78 is 6.32. The Balaban J connectivity index is 1.56. The lowest BCUT2D eigenvalue weighted by Crippen LogP contribution is -2.29. The number of halogens is 2. The molecule has 2 atom stereocenters. The average Bonchev–Trinajstić information content (AvgIpc) is 3.42. The summed E-state index contributed by atoms with van der Waals surface area (Å²) >= 11 is 18.3. The molecule has 0 bridgehead atoms. The molecule has 0 spiro atoms. The molecule has 1 aromatic carbocycles. The van der Waals surface area contributed by atoms with Crippen LogP contribution in [0.4, 0.5) is 0 Å². The second kappa shape index (κ2) is 8.90. The molecule has 1 aliphatic heterocycles. The van der Waals surface area contributed by atoms with E-state index in [9.17, 15) is 0 Å². The highest BCUT2D eigenvalue weighted by Gasteiger charge is 2.41. The fraction of sp³-hybridized carbons (Fsp3) is 0.125. The van der Waals surface area contributed by atoms with Crippen molar-refractivity contribution < 1.29 is 4.42 Å². The van der Waals surface area contributed by atoms with Crippen LogP contribution in [0.15, 0.2) is 83.5 Å². The fourth-order valence-corrected chi connectivity index (χ4v) is 4.60. The number of nitrogens with zero attached hydrogens (tertiary/aromatic N) is 3. The Morgan fingerprint density at radius 1 is 0.938 bits per heavy atom. The van der Waals surface area contributed by atoms with Crippen LogP contribution in [0, 0.1) is 0 Å². The van der Waals surface area contributed by atoms with E-state index >= 15 is 0 Å². The number of thiocarbonyl (C=S) groups is 1. The van der Waals surface area contributed by atoms with Crippen LogP contribution in [0.1, 0.15) is 29.2 Å². The summed E-state index contributed by atoms with van der Waals surface area (Å²) in [5, 5.41) is 4.98. The van der Waals surface area contributed by atoms with E-state index in [1.165, 1.54) is 0 Å². The van der Waals surface area contributed by atoms with Crippen LogP contribution < -0.4 is 5.32 Å². The molecule has 4 aromatic rings. The minimum Gasteiger partial charge on any atom is -0.459 e. The highest BCUT2D eigenvalue weighted by atomic mass is 35.5. The van der Waals surface area contributed by atoms with E-state index < -0.39 is 0 Å². The van der Waals surface area contributed by atoms with E-state index in [0.717, 1.165) is 22.7 Å². The summed E-state index contributed by atoms with van der Waals surface area (Å²) in [7, 11) is 0. The molecule has 2 unspecified atom stereocenters. The number of pyridine rings is 2. The van der Waals surface area contributed by atoms with Gasteiger partial charge in [0, 0.05) is 18.0 Å². The third-order valence-electron chi connectivity index (χ3n) is 5.39. The van der Waals surface area contributed by atoms with Crippen molar-refractivity contribution in [2.24, 2.45) is 0 Å². The molecule has 4 heterocycles. The normalized spacial score (nSPS) is 18.1. The Labute approximate surface area is 201 Å². The second-order valence-corrected chi connectivity index (χ2v) is 8.55. The Morgan fingerprint density at radius 2 is 1.75 bits per heavy atom. The molecule has 160 valence electrons. The quantitative estimate of drug-likeness (QED) is 0.342. The van der Waals surface area contributed by atoms with Crippen molar-refractivity contribution in [1.29, 1.82) is 0 Å². The number of furan rings is 1. The van der Waals surface area contributed by atoms with Crippen molar-refractivity contribution in [1.82, 2.24) is 20.2 Å². The molecule has 1 fully saturated rings. The van der Waals surface area contributed by atoms with E-state index in [4.69, 9.17) is 39.8 Å². The molecular weight excluding hydrogens is 463 g/mol. The number of aromatic nitrogens is 2. The van der Waals surface area contributed by atoms with Crippen LogP contribution in [-0.4, -0.2) is 20.0 Å². The van der Waals surface area contributed by atoms with E-state index in [0.29, 0.717) is 27.5 Å². The predicted octanol–water partition coefficient (Wildman–Crippen LogP) is 6.22. The Hall–Kier alpha value is -2.93. The van der Waals surface area contributed by atoms with Crippen molar-refractivity contribution in [3.8, 4) is 11.3 Å². The van der Waals surface area contributed by atoms with Crippen LogP contribution in [0.25, 0.3) is 11.3 Å². The van der Waals surface area contributed by atoms with Crippen molar-refractivity contribution in [2.45, 2.75) is 18.6 Å². The van der Waals surface area contributed by atoms with Crippen LogP contribution in [0.2, 0.25) is 10.0 Å². The maximum Gasteiger partial charge on any atom is 0.170 e. The van der Waals surface area contributed by atoms with E-state index in [1.807, 2.05) is 60.7 Å². The van der Waals surface area contributed by atoms with Gasteiger partial charge >= 0.3 is 0 Å². The van der Waals surface area contributed by atoms with E-state index in [1.54, 1.807) is 18.5 Å². The number of hydrogen-bond donors (Lipinski definition) is 1. The third-order valence-corrected chi connectivity index (χ3v) is 6.56. The number of benzene rings is 1. The summed E-state index contributed by atoms with van der Waals surface area (Å²) in [5.74, 6) is 1.39. The lowest BCUT2D eigenvalue weighted by molar-refractivity contribution is 0.267. The van der Waals surface area contributed by atoms with Gasteiger partial charge < -0.3 is 14.6 Å². The number of rotatable bonds is 5. The van der Waals surface area contributed by atoms with Gasteiger partial charge in [0.15, 0.2) is 5.11 Å². The molecule has 0 radical (unpaired) electrons. The first kappa shape index (κ1) is 20.9. The first-order valence-corrected chi connectivity index (χ1v) is 11.2. The van der Waals surface area contributed by atoms with Crippen LogP contribution >= 0.6 is 35.4 Å². The molecule has 8 heteroatoms. The lowest BCUT2D eigenvalue weighted by atomic mass is 10.0. The molecule has 0 saturated carbocycles. The SMILES string of the molecule is S=C1NC(c2ccccn2)C(c2ccc(-c3cccc(Cl)c3Cl)o2)N1Cc1ccccn1. The minimum absolute atomic E-state index is 0.179. The van der Waals surface area contributed by atoms with E-state index in [-0.39, 0.29) is 12.1 Å². The fourth-order valence-electron chi connectivity index (χ4n) is 3.90. The van der Waals surface area contributed by atoms with Gasteiger partial charge in [0.2, 0.25) is 0 Å². The highest BCUT2D eigenvalue weighted by molar-refractivity contribution is 7.80. The Morgan fingerprint density at radius 3 is 2.50 bits per heavy atom. The maximum atomic E-state index is 6.43. The standard InChI is InChI=1S/C24H18Cl2N4OS/c25-17-8-5-7-16(21(17)26)19-10-11-20(31-19)23-22(18-9-2-4-13-28-18)29-24(32)30(23)14-15-6-1-3-12-27-15/h1-13,22-23H,14H2,(H,29,32). The van der Waals surface area contributed by atoms with Crippen molar-refractivity contribution >= 4 is 40.5 Å². The first-order chi connectivity index (χ1) is 15.6. The zero-order chi connectivity index (χ0) is 22.1. The first-order valence-electron chi connectivity index (χ1n) is 10.0. The van der Waals surface area contributed by atoms with Crippen LogP contribution in [0.5, 0.6) is 0 Å². The van der Waals surface area contributed by atoms with Crippen molar-refractivity contribution in [3.05, 3.63) is 106 Å². The van der Waals surface area contributed by atoms with Crippen molar-refractivity contribution in [3.63, 3.8) is 0 Å². The Kier molecular flexibility index (Phi) is 5.83. The van der Waals surface area contributed by atoms with Gasteiger partial charge in [-0.25, -0.2) is 0 Å². The zero-order valence-electron chi connectivity index (χ0n) is 16.8. The summed E-state index contributed by atoms with van der Waals surface area (Å²) in [6, 6.07) is 20.6. The maximum absolute atomic E-state index is 6.43. The monoisotopic (exact) mass is 480 g/mol. The topological polar surface area (TPSA) is 54.2 Å². The van der Waals surface area contributed by atoms with Gasteiger partial charge in [-0.3, -0.25) is 9.97 Å². The van der Waals surface area contributed by atoms with Crippen molar-refractivity contribution in [2.75, 3.05) is 0 Å². The Bertz CT molecular complexity index is 1250. The zero-order valence-corrected chi connectivity index (χ0v) is 19.1. The molecule has 0 aliphatic carbocycles. The largest absolute Gasteiger partial charge is 0.459 e. The van der Waals surface area contributed by atoms with E-state index in [2.05, 4.69) is 20.2 Å². The molecule has 32 heavy (non-hydrogen) atoms. The minimum atomic E-state index is -0.217. The molecule has 1 N–H and O–H groups in total. The van der Waals surface area contributed by atoms with Gasteiger partial charge in [0.1, 0.15) is 17.6 Å². The molecule has 5 rings (SSSR count). The van der Waals surface area contributed by atoms with Gasteiger partial charge in [-0.05, 0) is 60.7 Å².